The summed E-state index contributed by atoms with van der Waals surface area (Å²) < 4.78 is 0. The highest BCUT2D eigenvalue weighted by Crippen LogP contribution is 2.24. The molecule has 0 aliphatic heterocycles. The lowest BCUT2D eigenvalue weighted by atomic mass is 9.86. The van der Waals surface area contributed by atoms with Crippen LogP contribution in [-0.4, -0.2) is 0 Å². The molecule has 0 aromatic heterocycles. The number of rotatable bonds is 5. The van der Waals surface area contributed by atoms with E-state index in [1.54, 1.807) is 5.92 Å². The molecule has 61 valence electrons. The lowest BCUT2D eigenvalue weighted by molar-refractivity contribution is 0.464. The molecule has 0 spiro atoms. The van der Waals surface area contributed by atoms with Crippen LogP contribution in [0.5, 0.6) is 0 Å². The van der Waals surface area contributed by atoms with Gasteiger partial charge in [-0.1, -0.05) is 47.0 Å². The maximum Gasteiger partial charge on any atom is -0.0244 e. The zero-order valence-electron chi connectivity index (χ0n) is 7.91. The smallest absolute Gasteiger partial charge is 0.0244 e. The fourth-order valence-corrected chi connectivity index (χ4v) is 1.44. The Labute approximate surface area is 66.0 Å². The molecule has 0 saturated carbocycles. The Balaban J connectivity index is 3.56. The number of hydrogen-bond acceptors (Lipinski definition) is 0. The molecule has 0 rings (SSSR count). The van der Waals surface area contributed by atoms with Crippen molar-refractivity contribution < 1.29 is 0 Å². The molecule has 0 aromatic carbocycles. The van der Waals surface area contributed by atoms with Gasteiger partial charge in [0, 0.05) is 0 Å². The van der Waals surface area contributed by atoms with Crippen molar-refractivity contribution in [2.75, 3.05) is 0 Å². The van der Waals surface area contributed by atoms with Crippen molar-refractivity contribution in [3.63, 3.8) is 0 Å². The first-order chi connectivity index (χ1) is 4.76. The van der Waals surface area contributed by atoms with Gasteiger partial charge in [0.1, 0.15) is 0 Å². The van der Waals surface area contributed by atoms with Crippen LogP contribution in [0, 0.1) is 11.8 Å². The van der Waals surface area contributed by atoms with Gasteiger partial charge in [-0.15, -0.1) is 0 Å². The Morgan fingerprint density at radius 3 is 2.10 bits per heavy atom. The zero-order valence-corrected chi connectivity index (χ0v) is 7.91. The maximum atomic E-state index is 2.30. The highest BCUT2D eigenvalue weighted by molar-refractivity contribution is 4.89. The summed E-state index contributed by atoms with van der Waals surface area (Å²) in [5.41, 5.74) is 0. The van der Waals surface area contributed by atoms with E-state index in [4.69, 9.17) is 0 Å². The molecule has 0 aromatic rings. The van der Waals surface area contributed by atoms with Gasteiger partial charge in [-0.3, -0.25) is 0 Å². The first kappa shape index (κ1) is 10.0. The van der Waals surface area contributed by atoms with Gasteiger partial charge in [-0.25, -0.2) is 0 Å². The SMILES string of the molecule is CCCC(CC)[C](C)CC. The average molecular weight is 141 g/mol. The van der Waals surface area contributed by atoms with Crippen LogP contribution in [0.2, 0.25) is 0 Å². The number of hydrogen-bond donors (Lipinski definition) is 0. The fraction of sp³-hybridized carbons (Fsp3) is 0.900. The van der Waals surface area contributed by atoms with Gasteiger partial charge in [0.25, 0.3) is 0 Å². The van der Waals surface area contributed by atoms with Crippen molar-refractivity contribution in [3.05, 3.63) is 5.92 Å². The molecule has 0 heteroatoms. The molecule has 0 aliphatic carbocycles. The summed E-state index contributed by atoms with van der Waals surface area (Å²) in [5, 5.41) is 0. The Hall–Kier alpha value is 0. The van der Waals surface area contributed by atoms with Gasteiger partial charge in [-0.05, 0) is 18.3 Å². The van der Waals surface area contributed by atoms with Crippen LogP contribution in [0.4, 0.5) is 0 Å². The van der Waals surface area contributed by atoms with Gasteiger partial charge >= 0.3 is 0 Å². The second-order valence-electron chi connectivity index (χ2n) is 3.09. The topological polar surface area (TPSA) is 0 Å². The van der Waals surface area contributed by atoms with Crippen LogP contribution in [0.15, 0.2) is 0 Å². The minimum atomic E-state index is 0.898. The van der Waals surface area contributed by atoms with Gasteiger partial charge in [0.2, 0.25) is 0 Å². The molecule has 0 bridgehead atoms. The molecule has 0 fully saturated rings. The van der Waals surface area contributed by atoms with Gasteiger partial charge < -0.3 is 0 Å². The van der Waals surface area contributed by atoms with Gasteiger partial charge in [0.05, 0.1) is 0 Å². The van der Waals surface area contributed by atoms with Crippen LogP contribution < -0.4 is 0 Å². The molecule has 0 aliphatic rings. The predicted molar refractivity (Wildman–Crippen MR) is 47.9 cm³/mol. The van der Waals surface area contributed by atoms with E-state index in [1.807, 2.05) is 0 Å². The Morgan fingerprint density at radius 1 is 1.20 bits per heavy atom. The van der Waals surface area contributed by atoms with Crippen LogP contribution in [0.3, 0.4) is 0 Å². The van der Waals surface area contributed by atoms with E-state index in [2.05, 4.69) is 27.7 Å². The largest absolute Gasteiger partial charge is 0.0654 e. The van der Waals surface area contributed by atoms with Crippen molar-refractivity contribution >= 4 is 0 Å². The van der Waals surface area contributed by atoms with Gasteiger partial charge in [-0.2, -0.15) is 0 Å². The van der Waals surface area contributed by atoms with Crippen LogP contribution in [-0.2, 0) is 0 Å². The summed E-state index contributed by atoms with van der Waals surface area (Å²) in [4.78, 5) is 0. The summed E-state index contributed by atoms with van der Waals surface area (Å²) >= 11 is 0. The summed E-state index contributed by atoms with van der Waals surface area (Å²) in [6.45, 7) is 9.11. The van der Waals surface area contributed by atoms with E-state index in [0.717, 1.165) is 5.92 Å². The Kier molecular flexibility index (Phi) is 5.76. The van der Waals surface area contributed by atoms with E-state index < -0.39 is 0 Å². The van der Waals surface area contributed by atoms with E-state index in [1.165, 1.54) is 25.7 Å². The van der Waals surface area contributed by atoms with E-state index >= 15 is 0 Å². The quantitative estimate of drug-likeness (QED) is 0.546. The molecular formula is C10H21. The molecule has 0 N–H and O–H groups in total. The van der Waals surface area contributed by atoms with Gasteiger partial charge in [0.15, 0.2) is 0 Å². The highest BCUT2D eigenvalue weighted by atomic mass is 14.2. The molecule has 0 saturated heterocycles. The first-order valence-corrected chi connectivity index (χ1v) is 4.58. The molecule has 0 nitrogen and oxygen atoms in total. The third-order valence-electron chi connectivity index (χ3n) is 2.38. The molecule has 0 heterocycles. The average Bonchev–Trinajstić information content (AvgIpc) is 1.99. The highest BCUT2D eigenvalue weighted by Gasteiger charge is 2.11. The van der Waals surface area contributed by atoms with Crippen molar-refractivity contribution in [2.45, 2.75) is 53.4 Å². The van der Waals surface area contributed by atoms with E-state index in [9.17, 15) is 0 Å². The molecule has 1 atom stereocenters. The summed E-state index contributed by atoms with van der Waals surface area (Å²) in [5.74, 6) is 2.58. The fourth-order valence-electron chi connectivity index (χ4n) is 1.44. The minimum Gasteiger partial charge on any atom is -0.0654 e. The second kappa shape index (κ2) is 5.76. The predicted octanol–water partition coefficient (Wildman–Crippen LogP) is 3.82. The molecule has 10 heavy (non-hydrogen) atoms. The minimum absolute atomic E-state index is 0.898. The summed E-state index contributed by atoms with van der Waals surface area (Å²) in [6, 6.07) is 0. The van der Waals surface area contributed by atoms with Crippen LogP contribution >= 0.6 is 0 Å². The van der Waals surface area contributed by atoms with Crippen molar-refractivity contribution in [1.29, 1.82) is 0 Å². The lowest BCUT2D eigenvalue weighted by Crippen LogP contribution is -2.06. The first-order valence-electron chi connectivity index (χ1n) is 4.58. The molecule has 1 unspecified atom stereocenters. The van der Waals surface area contributed by atoms with E-state index in [-0.39, 0.29) is 0 Å². The normalized spacial score (nSPS) is 14.1. The zero-order chi connectivity index (χ0) is 7.98. The Morgan fingerprint density at radius 2 is 1.80 bits per heavy atom. The molecular weight excluding hydrogens is 120 g/mol. The van der Waals surface area contributed by atoms with E-state index in [0.29, 0.717) is 0 Å². The molecule has 0 amide bonds. The monoisotopic (exact) mass is 141 g/mol. The molecule has 1 radical (unpaired) electrons. The maximum absolute atomic E-state index is 2.30. The summed E-state index contributed by atoms with van der Waals surface area (Å²) in [6.07, 6.45) is 5.30. The van der Waals surface area contributed by atoms with Crippen molar-refractivity contribution in [3.8, 4) is 0 Å². The lowest BCUT2D eigenvalue weighted by Gasteiger charge is -2.19. The van der Waals surface area contributed by atoms with Crippen molar-refractivity contribution in [2.24, 2.45) is 5.92 Å². The second-order valence-corrected chi connectivity index (χ2v) is 3.09. The van der Waals surface area contributed by atoms with Crippen molar-refractivity contribution in [1.82, 2.24) is 0 Å². The third-order valence-corrected chi connectivity index (χ3v) is 2.38. The Bertz CT molecular complexity index is 66.4. The van der Waals surface area contributed by atoms with Crippen LogP contribution in [0.1, 0.15) is 53.4 Å². The summed E-state index contributed by atoms with van der Waals surface area (Å²) in [7, 11) is 0. The third kappa shape index (κ3) is 3.24. The van der Waals surface area contributed by atoms with Crippen LogP contribution in [0.25, 0.3) is 0 Å². The standard InChI is InChI=1S/C10H21/c1-5-8-10(7-3)9(4)6-2/h10H,5-8H2,1-4H3.